The molecule has 4 nitrogen and oxygen atoms in total. The number of thiophene rings is 1. The minimum Gasteiger partial charge on any atom is -0.477 e. The first-order chi connectivity index (χ1) is 9.00. The molecule has 0 fully saturated rings. The fourth-order valence-electron chi connectivity index (χ4n) is 2.14. The highest BCUT2D eigenvalue weighted by Crippen LogP contribution is 2.11. The van der Waals surface area contributed by atoms with Gasteiger partial charge in [-0.2, -0.15) is 0 Å². The van der Waals surface area contributed by atoms with Crippen LogP contribution in [-0.2, 0) is 13.0 Å². The van der Waals surface area contributed by atoms with Gasteiger partial charge in [0.1, 0.15) is 5.56 Å². The molecule has 1 N–H and O–H groups in total. The van der Waals surface area contributed by atoms with Gasteiger partial charge in [0.2, 0.25) is 0 Å². The van der Waals surface area contributed by atoms with Gasteiger partial charge < -0.3 is 9.67 Å². The molecule has 2 aromatic heterocycles. The highest BCUT2D eigenvalue weighted by Gasteiger charge is 2.16. The van der Waals surface area contributed by atoms with Crippen LogP contribution in [0, 0.1) is 13.8 Å². The van der Waals surface area contributed by atoms with E-state index >= 15 is 0 Å². The van der Waals surface area contributed by atoms with Gasteiger partial charge in [0, 0.05) is 17.1 Å². The molecule has 2 heterocycles. The molecule has 19 heavy (non-hydrogen) atoms. The van der Waals surface area contributed by atoms with Crippen molar-refractivity contribution in [1.29, 1.82) is 0 Å². The van der Waals surface area contributed by atoms with E-state index in [-0.39, 0.29) is 5.56 Å². The van der Waals surface area contributed by atoms with Crippen molar-refractivity contribution in [3.8, 4) is 0 Å². The zero-order chi connectivity index (χ0) is 14.0. The van der Waals surface area contributed by atoms with Gasteiger partial charge >= 0.3 is 5.97 Å². The van der Waals surface area contributed by atoms with E-state index < -0.39 is 11.5 Å². The Kier molecular flexibility index (Phi) is 3.85. The average Bonchev–Trinajstić information content (AvgIpc) is 2.80. The number of carbonyl (C=O) groups is 1. The third kappa shape index (κ3) is 2.76. The van der Waals surface area contributed by atoms with Crippen molar-refractivity contribution in [2.45, 2.75) is 26.8 Å². The number of pyridine rings is 1. The fraction of sp³-hybridized carbons (Fsp3) is 0.286. The van der Waals surface area contributed by atoms with Crippen molar-refractivity contribution in [2.24, 2.45) is 0 Å². The molecular weight excluding hydrogens is 262 g/mol. The lowest BCUT2D eigenvalue weighted by Gasteiger charge is -2.12. The van der Waals surface area contributed by atoms with E-state index in [1.165, 1.54) is 9.44 Å². The Labute approximate surface area is 115 Å². The van der Waals surface area contributed by atoms with Crippen LogP contribution in [0.3, 0.4) is 0 Å². The normalized spacial score (nSPS) is 10.6. The molecule has 0 spiro atoms. The summed E-state index contributed by atoms with van der Waals surface area (Å²) in [5.41, 5.74) is 0.768. The van der Waals surface area contributed by atoms with Crippen LogP contribution in [0.2, 0.25) is 0 Å². The summed E-state index contributed by atoms with van der Waals surface area (Å²) in [5.74, 6) is -1.16. The Bertz CT molecular complexity index is 656. The van der Waals surface area contributed by atoms with Crippen molar-refractivity contribution in [1.82, 2.24) is 4.57 Å². The SMILES string of the molecule is Cc1cc(C)n(CCc2cccs2)c(=O)c1C(=O)O. The van der Waals surface area contributed by atoms with E-state index in [2.05, 4.69) is 0 Å². The standard InChI is InChI=1S/C14H15NO3S/c1-9-8-10(2)15(13(16)12(9)14(17)18)6-5-11-4-3-7-19-11/h3-4,7-8H,5-6H2,1-2H3,(H,17,18). The molecule has 0 saturated heterocycles. The maximum Gasteiger partial charge on any atom is 0.341 e. The van der Waals surface area contributed by atoms with E-state index in [1.54, 1.807) is 24.3 Å². The van der Waals surface area contributed by atoms with Gasteiger partial charge in [-0.15, -0.1) is 11.3 Å². The molecule has 0 unspecified atom stereocenters. The third-order valence-electron chi connectivity index (χ3n) is 3.08. The molecular formula is C14H15NO3S. The minimum absolute atomic E-state index is 0.128. The molecule has 0 radical (unpaired) electrons. The lowest BCUT2D eigenvalue weighted by atomic mass is 10.1. The van der Waals surface area contributed by atoms with Gasteiger partial charge in [-0.25, -0.2) is 4.79 Å². The molecule has 2 aromatic rings. The smallest absolute Gasteiger partial charge is 0.341 e. The molecule has 2 rings (SSSR count). The first-order valence-corrected chi connectivity index (χ1v) is 6.85. The summed E-state index contributed by atoms with van der Waals surface area (Å²) in [7, 11) is 0. The number of aromatic carboxylic acids is 1. The Hall–Kier alpha value is -1.88. The molecule has 0 aromatic carbocycles. The second kappa shape index (κ2) is 5.40. The summed E-state index contributed by atoms with van der Waals surface area (Å²) in [6.07, 6.45) is 0.737. The third-order valence-corrected chi connectivity index (χ3v) is 4.02. The van der Waals surface area contributed by atoms with Crippen molar-refractivity contribution >= 4 is 17.3 Å². The average molecular weight is 277 g/mol. The summed E-state index contributed by atoms with van der Waals surface area (Å²) >= 11 is 1.64. The van der Waals surface area contributed by atoms with Crippen LogP contribution < -0.4 is 5.56 Å². The number of rotatable bonds is 4. The Morgan fingerprint density at radius 2 is 2.16 bits per heavy atom. The molecule has 0 aliphatic carbocycles. The Morgan fingerprint density at radius 1 is 1.42 bits per heavy atom. The molecule has 100 valence electrons. The Morgan fingerprint density at radius 3 is 2.74 bits per heavy atom. The van der Waals surface area contributed by atoms with E-state index in [1.807, 2.05) is 24.4 Å². The van der Waals surface area contributed by atoms with Crippen LogP contribution in [0.5, 0.6) is 0 Å². The van der Waals surface area contributed by atoms with Crippen LogP contribution in [0.4, 0.5) is 0 Å². The van der Waals surface area contributed by atoms with Gasteiger partial charge in [0.05, 0.1) is 0 Å². The second-order valence-electron chi connectivity index (χ2n) is 4.44. The van der Waals surface area contributed by atoms with Crippen molar-refractivity contribution in [2.75, 3.05) is 0 Å². The molecule has 0 saturated carbocycles. The predicted molar refractivity (Wildman–Crippen MR) is 75.2 cm³/mol. The first kappa shape index (κ1) is 13.5. The van der Waals surface area contributed by atoms with E-state index in [0.717, 1.165) is 12.1 Å². The number of carboxylic acids is 1. The van der Waals surface area contributed by atoms with Gasteiger partial charge in [0.25, 0.3) is 5.56 Å². The molecule has 0 aliphatic rings. The summed E-state index contributed by atoms with van der Waals surface area (Å²) in [5, 5.41) is 11.1. The van der Waals surface area contributed by atoms with Gasteiger partial charge in [0.15, 0.2) is 0 Å². The highest BCUT2D eigenvalue weighted by atomic mass is 32.1. The van der Waals surface area contributed by atoms with Crippen molar-refractivity contribution < 1.29 is 9.90 Å². The predicted octanol–water partition coefficient (Wildman–Crippen LogP) is 2.47. The van der Waals surface area contributed by atoms with Crippen LogP contribution in [0.1, 0.15) is 26.5 Å². The number of hydrogen-bond donors (Lipinski definition) is 1. The number of hydrogen-bond acceptors (Lipinski definition) is 3. The van der Waals surface area contributed by atoms with Crippen molar-refractivity contribution in [3.05, 3.63) is 55.6 Å². The molecule has 0 amide bonds. The summed E-state index contributed by atoms with van der Waals surface area (Å²) in [6, 6.07) is 5.73. The lowest BCUT2D eigenvalue weighted by Crippen LogP contribution is -2.29. The van der Waals surface area contributed by atoms with Gasteiger partial charge in [-0.05, 0) is 43.3 Å². The number of aromatic nitrogens is 1. The number of aryl methyl sites for hydroxylation is 3. The zero-order valence-corrected chi connectivity index (χ0v) is 11.7. The quantitative estimate of drug-likeness (QED) is 0.934. The minimum atomic E-state index is -1.16. The van der Waals surface area contributed by atoms with Crippen LogP contribution in [0.15, 0.2) is 28.4 Å². The van der Waals surface area contributed by atoms with Gasteiger partial charge in [-0.3, -0.25) is 4.79 Å². The Balaban J connectivity index is 2.37. The summed E-state index contributed by atoms with van der Waals surface area (Å²) < 4.78 is 1.54. The molecule has 5 heteroatoms. The monoisotopic (exact) mass is 277 g/mol. The van der Waals surface area contributed by atoms with Crippen LogP contribution in [0.25, 0.3) is 0 Å². The number of carboxylic acid groups (broad SMARTS) is 1. The zero-order valence-electron chi connectivity index (χ0n) is 10.8. The second-order valence-corrected chi connectivity index (χ2v) is 5.47. The molecule has 0 aliphatic heterocycles. The fourth-order valence-corrected chi connectivity index (χ4v) is 2.84. The highest BCUT2D eigenvalue weighted by molar-refractivity contribution is 7.09. The van der Waals surface area contributed by atoms with E-state index in [0.29, 0.717) is 12.1 Å². The topological polar surface area (TPSA) is 59.3 Å². The summed E-state index contributed by atoms with van der Waals surface area (Å²) in [6.45, 7) is 3.99. The molecule has 0 atom stereocenters. The lowest BCUT2D eigenvalue weighted by molar-refractivity contribution is 0.0693. The van der Waals surface area contributed by atoms with E-state index in [9.17, 15) is 9.59 Å². The number of nitrogens with zero attached hydrogens (tertiary/aromatic N) is 1. The summed E-state index contributed by atoms with van der Waals surface area (Å²) in [4.78, 5) is 24.5. The van der Waals surface area contributed by atoms with Crippen molar-refractivity contribution in [3.63, 3.8) is 0 Å². The van der Waals surface area contributed by atoms with Gasteiger partial charge in [-0.1, -0.05) is 6.07 Å². The molecule has 0 bridgehead atoms. The van der Waals surface area contributed by atoms with Crippen LogP contribution in [-0.4, -0.2) is 15.6 Å². The van der Waals surface area contributed by atoms with E-state index in [4.69, 9.17) is 5.11 Å². The largest absolute Gasteiger partial charge is 0.477 e. The maximum absolute atomic E-state index is 12.2. The maximum atomic E-state index is 12.2. The van der Waals surface area contributed by atoms with Crippen LogP contribution >= 0.6 is 11.3 Å². The first-order valence-electron chi connectivity index (χ1n) is 5.97.